The first-order valence-corrected chi connectivity index (χ1v) is 10.2. The van der Waals surface area contributed by atoms with Gasteiger partial charge in [0, 0.05) is 17.9 Å². The first-order chi connectivity index (χ1) is 14.6. The third kappa shape index (κ3) is 3.88. The molecule has 0 bridgehead atoms. The number of methoxy groups -OCH3 is 2. The van der Waals surface area contributed by atoms with Gasteiger partial charge in [-0.25, -0.2) is 9.59 Å². The number of carbonyl (C=O) groups excluding carboxylic acids is 2. The van der Waals surface area contributed by atoms with Crippen LogP contribution >= 0.6 is 0 Å². The van der Waals surface area contributed by atoms with Crippen LogP contribution in [0.15, 0.2) is 54.6 Å². The summed E-state index contributed by atoms with van der Waals surface area (Å²) >= 11 is 0. The second-order valence-corrected chi connectivity index (χ2v) is 7.56. The first kappa shape index (κ1) is 20.0. The minimum atomic E-state index is -0.479. The Morgan fingerprint density at radius 1 is 0.867 bits per heavy atom. The standard InChI is InChI=1S/C25H25NO4/c1-29-24(27)20-12-19(13-21(14-20)25(28)30-2)23-15-18-10-6-7-11-22(18)26(23)16-17-8-4-3-5-9-17/h3-5,8-9,12-15H,6-7,10-11,16H2,1-2H3. The Morgan fingerprint density at radius 2 is 1.50 bits per heavy atom. The number of nitrogens with zero attached hydrogens (tertiary/aromatic N) is 1. The Kier molecular flexibility index (Phi) is 5.70. The van der Waals surface area contributed by atoms with Gasteiger partial charge < -0.3 is 14.0 Å². The molecule has 0 amide bonds. The fraction of sp³-hybridized carbons (Fsp3) is 0.280. The van der Waals surface area contributed by atoms with Crippen molar-refractivity contribution in [2.45, 2.75) is 32.2 Å². The molecule has 2 aromatic carbocycles. The van der Waals surface area contributed by atoms with Gasteiger partial charge in [-0.15, -0.1) is 0 Å². The van der Waals surface area contributed by atoms with Crippen molar-refractivity contribution in [1.29, 1.82) is 0 Å². The highest BCUT2D eigenvalue weighted by Gasteiger charge is 2.22. The number of carbonyl (C=O) groups is 2. The molecule has 154 valence electrons. The molecule has 0 saturated carbocycles. The molecule has 1 aromatic heterocycles. The molecule has 0 fully saturated rings. The molecule has 0 spiro atoms. The predicted molar refractivity (Wildman–Crippen MR) is 115 cm³/mol. The zero-order valence-corrected chi connectivity index (χ0v) is 17.3. The third-order valence-corrected chi connectivity index (χ3v) is 5.66. The van der Waals surface area contributed by atoms with Crippen molar-refractivity contribution >= 4 is 11.9 Å². The van der Waals surface area contributed by atoms with E-state index >= 15 is 0 Å². The molecule has 3 aromatic rings. The quantitative estimate of drug-likeness (QED) is 0.582. The van der Waals surface area contributed by atoms with E-state index in [4.69, 9.17) is 9.47 Å². The molecule has 0 aliphatic heterocycles. The average Bonchev–Trinajstić information content (AvgIpc) is 3.16. The lowest BCUT2D eigenvalue weighted by Crippen LogP contribution is -2.11. The van der Waals surface area contributed by atoms with E-state index in [2.05, 4.69) is 22.8 Å². The lowest BCUT2D eigenvalue weighted by atomic mass is 9.97. The van der Waals surface area contributed by atoms with Gasteiger partial charge in [0.05, 0.1) is 25.3 Å². The molecule has 1 heterocycles. The summed E-state index contributed by atoms with van der Waals surface area (Å²) in [6.07, 6.45) is 4.42. The minimum absolute atomic E-state index is 0.334. The van der Waals surface area contributed by atoms with Crippen molar-refractivity contribution in [3.8, 4) is 11.3 Å². The smallest absolute Gasteiger partial charge is 0.337 e. The van der Waals surface area contributed by atoms with Gasteiger partial charge in [0.1, 0.15) is 0 Å². The Balaban J connectivity index is 1.88. The molecule has 5 heteroatoms. The summed E-state index contributed by atoms with van der Waals surface area (Å²) in [6, 6.07) is 17.6. The van der Waals surface area contributed by atoms with Crippen molar-refractivity contribution in [3.05, 3.63) is 82.5 Å². The Hall–Kier alpha value is -3.34. The maximum absolute atomic E-state index is 12.2. The highest BCUT2D eigenvalue weighted by molar-refractivity contribution is 5.97. The second-order valence-electron chi connectivity index (χ2n) is 7.56. The van der Waals surface area contributed by atoms with E-state index in [1.807, 2.05) is 18.2 Å². The summed E-state index contributed by atoms with van der Waals surface area (Å²) in [5.41, 5.74) is 6.37. The third-order valence-electron chi connectivity index (χ3n) is 5.66. The van der Waals surface area contributed by atoms with Crippen molar-refractivity contribution in [3.63, 3.8) is 0 Å². The second kappa shape index (κ2) is 8.57. The summed E-state index contributed by atoms with van der Waals surface area (Å²) in [6.45, 7) is 0.738. The van der Waals surface area contributed by atoms with E-state index in [1.165, 1.54) is 49.9 Å². The van der Waals surface area contributed by atoms with Crippen LogP contribution in [-0.2, 0) is 28.9 Å². The molecule has 0 saturated heterocycles. The number of aromatic nitrogens is 1. The molecular formula is C25H25NO4. The number of aryl methyl sites for hydroxylation is 1. The van der Waals surface area contributed by atoms with E-state index in [-0.39, 0.29) is 0 Å². The Labute approximate surface area is 176 Å². The lowest BCUT2D eigenvalue weighted by molar-refractivity contribution is 0.0599. The summed E-state index contributed by atoms with van der Waals surface area (Å²) in [7, 11) is 2.67. The SMILES string of the molecule is COC(=O)c1cc(C(=O)OC)cc(-c2cc3c(n2Cc2ccccc2)CCCC3)c1. The number of hydrogen-bond donors (Lipinski definition) is 0. The Morgan fingerprint density at radius 3 is 2.13 bits per heavy atom. The van der Waals surface area contributed by atoms with Gasteiger partial charge in [-0.05, 0) is 66.6 Å². The molecule has 0 atom stereocenters. The summed E-state index contributed by atoms with van der Waals surface area (Å²) < 4.78 is 12.1. The zero-order chi connectivity index (χ0) is 21.1. The number of ether oxygens (including phenoxy) is 2. The number of hydrogen-bond acceptors (Lipinski definition) is 4. The first-order valence-electron chi connectivity index (χ1n) is 10.2. The number of rotatable bonds is 5. The molecule has 0 unspecified atom stereocenters. The monoisotopic (exact) mass is 403 g/mol. The highest BCUT2D eigenvalue weighted by atomic mass is 16.5. The molecule has 4 rings (SSSR count). The normalized spacial score (nSPS) is 12.9. The minimum Gasteiger partial charge on any atom is -0.465 e. The van der Waals surface area contributed by atoms with Crippen LogP contribution in [-0.4, -0.2) is 30.7 Å². The summed E-state index contributed by atoms with van der Waals surface area (Å²) in [4.78, 5) is 24.5. The van der Waals surface area contributed by atoms with Crippen LogP contribution in [0.1, 0.15) is 50.4 Å². The van der Waals surface area contributed by atoms with Crippen LogP contribution in [0.4, 0.5) is 0 Å². The van der Waals surface area contributed by atoms with E-state index in [0.717, 1.165) is 30.6 Å². The van der Waals surface area contributed by atoms with Crippen molar-refractivity contribution in [1.82, 2.24) is 4.57 Å². The summed E-state index contributed by atoms with van der Waals surface area (Å²) in [5.74, 6) is -0.958. The van der Waals surface area contributed by atoms with E-state index in [9.17, 15) is 9.59 Å². The van der Waals surface area contributed by atoms with Gasteiger partial charge in [0.15, 0.2) is 0 Å². The highest BCUT2D eigenvalue weighted by Crippen LogP contribution is 2.33. The molecule has 1 aliphatic rings. The molecular weight excluding hydrogens is 378 g/mol. The fourth-order valence-electron chi connectivity index (χ4n) is 4.20. The maximum Gasteiger partial charge on any atom is 0.337 e. The Bertz CT molecular complexity index is 1050. The zero-order valence-electron chi connectivity index (χ0n) is 17.3. The van der Waals surface area contributed by atoms with E-state index < -0.39 is 11.9 Å². The fourth-order valence-corrected chi connectivity index (χ4v) is 4.20. The molecule has 1 aliphatic carbocycles. The summed E-state index contributed by atoms with van der Waals surface area (Å²) in [5, 5.41) is 0. The molecule has 5 nitrogen and oxygen atoms in total. The van der Waals surface area contributed by atoms with Crippen LogP contribution in [0, 0.1) is 0 Å². The molecule has 30 heavy (non-hydrogen) atoms. The largest absolute Gasteiger partial charge is 0.465 e. The lowest BCUT2D eigenvalue weighted by Gasteiger charge is -2.18. The van der Waals surface area contributed by atoms with Crippen LogP contribution in [0.25, 0.3) is 11.3 Å². The van der Waals surface area contributed by atoms with Gasteiger partial charge >= 0.3 is 11.9 Å². The van der Waals surface area contributed by atoms with Gasteiger partial charge in [0.25, 0.3) is 0 Å². The van der Waals surface area contributed by atoms with Crippen LogP contribution < -0.4 is 0 Å². The van der Waals surface area contributed by atoms with Crippen LogP contribution in [0.2, 0.25) is 0 Å². The van der Waals surface area contributed by atoms with Crippen molar-refractivity contribution < 1.29 is 19.1 Å². The van der Waals surface area contributed by atoms with Crippen molar-refractivity contribution in [2.75, 3.05) is 14.2 Å². The topological polar surface area (TPSA) is 57.5 Å². The van der Waals surface area contributed by atoms with Gasteiger partial charge in [-0.1, -0.05) is 30.3 Å². The number of fused-ring (bicyclic) bond motifs is 1. The molecule has 0 radical (unpaired) electrons. The van der Waals surface area contributed by atoms with E-state index in [0.29, 0.717) is 11.1 Å². The average molecular weight is 403 g/mol. The van der Waals surface area contributed by atoms with Crippen LogP contribution in [0.3, 0.4) is 0 Å². The van der Waals surface area contributed by atoms with Gasteiger partial charge in [0.2, 0.25) is 0 Å². The van der Waals surface area contributed by atoms with Gasteiger partial charge in [-0.3, -0.25) is 0 Å². The number of benzene rings is 2. The number of esters is 2. The predicted octanol–water partition coefficient (Wildman–Crippen LogP) is 4.66. The van der Waals surface area contributed by atoms with Crippen molar-refractivity contribution in [2.24, 2.45) is 0 Å². The molecule has 0 N–H and O–H groups in total. The maximum atomic E-state index is 12.2. The van der Waals surface area contributed by atoms with Crippen LogP contribution in [0.5, 0.6) is 0 Å². The van der Waals surface area contributed by atoms with E-state index in [1.54, 1.807) is 12.1 Å². The van der Waals surface area contributed by atoms with Gasteiger partial charge in [-0.2, -0.15) is 0 Å².